The third-order valence-corrected chi connectivity index (χ3v) is 15.7. The molecule has 3 aromatic heterocycles. The van der Waals surface area contributed by atoms with Crippen LogP contribution in [0.3, 0.4) is 0 Å². The molecular weight excluding hydrogens is 1020 g/mol. The number of ketones is 1. The molecule has 418 valence electrons. The predicted octanol–water partition coefficient (Wildman–Crippen LogP) is 6.16. The van der Waals surface area contributed by atoms with Gasteiger partial charge in [0, 0.05) is 79.9 Å². The normalized spacial score (nSPS) is 22.6. The summed E-state index contributed by atoms with van der Waals surface area (Å²) in [5.74, 6) is -3.01. The molecule has 7 atom stereocenters. The first kappa shape index (κ1) is 55.6. The van der Waals surface area contributed by atoms with E-state index in [0.29, 0.717) is 42.1 Å². The van der Waals surface area contributed by atoms with Crippen molar-refractivity contribution < 1.29 is 38.2 Å². The summed E-state index contributed by atoms with van der Waals surface area (Å²) in [6.07, 6.45) is 9.87. The van der Waals surface area contributed by atoms with E-state index in [4.69, 9.17) is 9.47 Å². The molecule has 0 saturated carbocycles. The van der Waals surface area contributed by atoms with Gasteiger partial charge < -0.3 is 45.9 Å². The lowest BCUT2D eigenvalue weighted by atomic mass is 9.83. The zero-order valence-electron chi connectivity index (χ0n) is 45.2. The molecule has 17 heteroatoms. The highest BCUT2D eigenvalue weighted by molar-refractivity contribution is 5.99. The fourth-order valence-electron chi connectivity index (χ4n) is 11.3. The molecule has 7 aromatic rings. The molecule has 5 amide bonds. The Bertz CT molecular complexity index is 3230. The zero-order valence-corrected chi connectivity index (χ0v) is 45.2. The largest absolute Gasteiger partial charge is 0.489 e. The van der Waals surface area contributed by atoms with Crippen molar-refractivity contribution in [3.05, 3.63) is 192 Å². The van der Waals surface area contributed by atoms with E-state index in [0.717, 1.165) is 53.5 Å². The highest BCUT2D eigenvalue weighted by atomic mass is 16.5. The minimum Gasteiger partial charge on any atom is -0.489 e. The second-order valence-electron chi connectivity index (χ2n) is 21.5. The lowest BCUT2D eigenvalue weighted by Gasteiger charge is -2.32. The number of H-pyrrole nitrogens is 1. The molecule has 4 aromatic carbocycles. The van der Waals surface area contributed by atoms with E-state index in [-0.39, 0.29) is 56.8 Å². The second-order valence-corrected chi connectivity index (χ2v) is 21.5. The fraction of sp³-hybridized carbons (Fsp3) is 0.344. The van der Waals surface area contributed by atoms with Crippen LogP contribution in [0.25, 0.3) is 10.9 Å². The predicted molar refractivity (Wildman–Crippen MR) is 305 cm³/mol. The molecule has 3 aliphatic rings. The van der Waals surface area contributed by atoms with Gasteiger partial charge >= 0.3 is 0 Å². The van der Waals surface area contributed by atoms with E-state index in [9.17, 15) is 0 Å². The van der Waals surface area contributed by atoms with Gasteiger partial charge in [-0.25, -0.2) is 0 Å². The molecule has 81 heavy (non-hydrogen) atoms. The molecule has 0 bridgehead atoms. The van der Waals surface area contributed by atoms with Crippen LogP contribution >= 0.6 is 0 Å². The number of rotatable bonds is 16. The lowest BCUT2D eigenvalue weighted by molar-refractivity contribution is -0.143. The van der Waals surface area contributed by atoms with Gasteiger partial charge in [-0.05, 0) is 115 Å². The highest BCUT2D eigenvalue weighted by Crippen LogP contribution is 2.29. The SMILES string of the molecule is O=C1N[C@@H](Cc2ccc(OCc3ccccc3)cc2)C(=O)N[C@@H](Cc2cccnc2)C(=O)N2C[C@H](Oc3ccncc3)C[C@H]2C(=O)N[C@H](CCc2ccccc2)C(=O)N[C@@H](Cc2c[nH]c3ccccc23)C(=O)C[C@H]1CC1CCNCC1. The molecule has 0 spiro atoms. The number of pyridine rings is 2. The van der Waals surface area contributed by atoms with Crippen molar-refractivity contribution in [1.82, 2.24) is 46.4 Å². The number of carbonyl (C=O) groups is 6. The molecule has 0 unspecified atom stereocenters. The van der Waals surface area contributed by atoms with Crippen LogP contribution < -0.4 is 36.1 Å². The summed E-state index contributed by atoms with van der Waals surface area (Å²) in [6, 6.07) is 35.3. The lowest BCUT2D eigenvalue weighted by Crippen LogP contribution is -2.60. The Kier molecular flexibility index (Phi) is 18.5. The zero-order chi connectivity index (χ0) is 55.9. The van der Waals surface area contributed by atoms with Gasteiger partial charge in [0.15, 0.2) is 5.78 Å². The van der Waals surface area contributed by atoms with E-state index >= 15 is 28.8 Å². The maximum Gasteiger partial charge on any atom is 0.246 e. The minimum absolute atomic E-state index is 0.0125. The van der Waals surface area contributed by atoms with Crippen molar-refractivity contribution in [2.45, 2.75) is 107 Å². The van der Waals surface area contributed by atoms with E-state index in [1.165, 1.54) is 4.90 Å². The Morgan fingerprint density at radius 3 is 1.99 bits per heavy atom. The van der Waals surface area contributed by atoms with Crippen molar-refractivity contribution in [1.29, 1.82) is 0 Å². The molecule has 3 aliphatic heterocycles. The topological polar surface area (TPSA) is 226 Å². The summed E-state index contributed by atoms with van der Waals surface area (Å²) < 4.78 is 12.5. The van der Waals surface area contributed by atoms with Crippen LogP contribution in [0.4, 0.5) is 0 Å². The van der Waals surface area contributed by atoms with E-state index < -0.39 is 71.8 Å². The van der Waals surface area contributed by atoms with Crippen molar-refractivity contribution in [3.63, 3.8) is 0 Å². The van der Waals surface area contributed by atoms with Crippen molar-refractivity contribution in [2.24, 2.45) is 11.8 Å². The Hall–Kier alpha value is -8.70. The van der Waals surface area contributed by atoms with Crippen molar-refractivity contribution in [3.8, 4) is 11.5 Å². The number of ether oxygens (including phenoxy) is 2. The van der Waals surface area contributed by atoms with E-state index in [1.807, 2.05) is 115 Å². The number of hydrogen-bond donors (Lipinski definition) is 6. The molecule has 10 rings (SSSR count). The standard InChI is InChI=1S/C64H69N9O8/c74-59-36-47(32-44-23-28-65-29-24-44)60(75)71-56(33-43-17-20-49(21-18-43)80-41-45-12-5-2-6-13-45)62(77)72-57(34-46-14-9-27-67-38-46)64(79)73-40-51(81-50-25-30-66-31-26-50)37-58(73)63(78)69-54(22-19-42-10-3-1-4-11-42)61(76)70-55(59)35-48-39-68-53-16-8-7-15-52(48)53/h1-18,20-21,25-27,30-31,38-39,44,47,51,54-58,65,68H,19,22-24,28-29,32-37,40-41H2,(H,69,78)(H,70,76)(H,71,75)(H,72,77)/t47-,51-,54-,55+,56+,57+,58+/m1/s1. The fourth-order valence-corrected chi connectivity index (χ4v) is 11.3. The number of para-hydroxylation sites is 1. The number of hydrogen-bond acceptors (Lipinski definition) is 11. The summed E-state index contributed by atoms with van der Waals surface area (Å²) in [7, 11) is 0. The summed E-state index contributed by atoms with van der Waals surface area (Å²) in [5.41, 5.74) is 4.89. The Labute approximate surface area is 471 Å². The number of nitrogens with one attached hydrogen (secondary N) is 6. The average Bonchev–Trinajstić information content (AvgIpc) is 4.13. The minimum atomic E-state index is -1.27. The smallest absolute Gasteiger partial charge is 0.246 e. The molecule has 17 nitrogen and oxygen atoms in total. The number of Topliss-reactive ketones (excluding diaryl/α,β-unsaturated/α-hetero) is 1. The maximum absolute atomic E-state index is 15.5. The van der Waals surface area contributed by atoms with Crippen LogP contribution in [0, 0.1) is 11.8 Å². The Morgan fingerprint density at radius 2 is 1.23 bits per heavy atom. The first-order chi connectivity index (χ1) is 39.6. The summed E-state index contributed by atoms with van der Waals surface area (Å²) in [5, 5.41) is 16.5. The van der Waals surface area contributed by atoms with E-state index in [2.05, 4.69) is 41.5 Å². The van der Waals surface area contributed by atoms with Gasteiger partial charge in [0.2, 0.25) is 29.5 Å². The summed E-state index contributed by atoms with van der Waals surface area (Å²) in [6.45, 7) is 1.80. The molecule has 3 saturated heterocycles. The van der Waals surface area contributed by atoms with Gasteiger partial charge in [0.05, 0.1) is 12.6 Å². The third-order valence-electron chi connectivity index (χ3n) is 15.7. The first-order valence-electron chi connectivity index (χ1n) is 28.1. The van der Waals surface area contributed by atoms with Crippen LogP contribution in [0.1, 0.15) is 66.3 Å². The molecule has 0 radical (unpaired) electrons. The average molecular weight is 1090 g/mol. The number of nitrogens with zero attached hydrogens (tertiary/aromatic N) is 3. The number of aromatic amines is 1. The number of aryl methyl sites for hydroxylation is 1. The monoisotopic (exact) mass is 1090 g/mol. The van der Waals surface area contributed by atoms with Gasteiger partial charge in [-0.3, -0.25) is 38.7 Å². The number of carbonyl (C=O) groups excluding carboxylic acids is 6. The van der Waals surface area contributed by atoms with Gasteiger partial charge in [0.1, 0.15) is 48.4 Å². The number of fused-ring (bicyclic) bond motifs is 2. The molecule has 6 heterocycles. The molecule has 6 N–H and O–H groups in total. The molecular formula is C64H69N9O8. The first-order valence-corrected chi connectivity index (χ1v) is 28.1. The van der Waals surface area contributed by atoms with Gasteiger partial charge in [-0.2, -0.15) is 0 Å². The third kappa shape index (κ3) is 15.0. The van der Waals surface area contributed by atoms with Gasteiger partial charge in [-0.15, -0.1) is 0 Å². The Morgan fingerprint density at radius 1 is 0.568 bits per heavy atom. The number of piperidine rings is 1. The second kappa shape index (κ2) is 27.0. The maximum atomic E-state index is 15.5. The molecule has 3 fully saturated rings. The van der Waals surface area contributed by atoms with Crippen molar-refractivity contribution in [2.75, 3.05) is 19.6 Å². The van der Waals surface area contributed by atoms with Crippen LogP contribution in [0.15, 0.2) is 164 Å². The van der Waals surface area contributed by atoms with Crippen molar-refractivity contribution >= 4 is 46.2 Å². The quantitative estimate of drug-likeness (QED) is 0.0643. The van der Waals surface area contributed by atoms with Gasteiger partial charge in [0.25, 0.3) is 0 Å². The van der Waals surface area contributed by atoms with Crippen LogP contribution in [-0.4, -0.2) is 111 Å². The van der Waals surface area contributed by atoms with E-state index in [1.54, 1.807) is 49.1 Å². The number of amides is 5. The summed E-state index contributed by atoms with van der Waals surface area (Å²) >= 11 is 0. The van der Waals surface area contributed by atoms with Crippen LogP contribution in [0.5, 0.6) is 11.5 Å². The molecule has 0 aliphatic carbocycles. The van der Waals surface area contributed by atoms with Crippen LogP contribution in [-0.2, 0) is 61.1 Å². The number of aromatic nitrogens is 3. The highest BCUT2D eigenvalue weighted by Gasteiger charge is 2.45. The van der Waals surface area contributed by atoms with Crippen LogP contribution in [0.2, 0.25) is 0 Å². The summed E-state index contributed by atoms with van der Waals surface area (Å²) in [4.78, 5) is 105. The Balaban J connectivity index is 1.03. The van der Waals surface area contributed by atoms with Gasteiger partial charge in [-0.1, -0.05) is 97.1 Å². The number of benzene rings is 4.